The molecule has 1 unspecified atom stereocenters. The number of nitrogens with zero attached hydrogens (tertiary/aromatic N) is 3. The van der Waals surface area contributed by atoms with Gasteiger partial charge in [-0.3, -0.25) is 14.7 Å². The van der Waals surface area contributed by atoms with Gasteiger partial charge in [0.05, 0.1) is 19.8 Å². The van der Waals surface area contributed by atoms with Gasteiger partial charge in [-0.1, -0.05) is 24.3 Å². The smallest absolute Gasteiger partial charge is 0.236 e. The molecular formula is C23H28FN3O2. The molecule has 154 valence electrons. The lowest BCUT2D eigenvalue weighted by molar-refractivity contribution is -0.136. The molecule has 5 nitrogen and oxygen atoms in total. The van der Waals surface area contributed by atoms with Gasteiger partial charge in [-0.15, -0.1) is 0 Å². The fourth-order valence-electron chi connectivity index (χ4n) is 4.21. The van der Waals surface area contributed by atoms with E-state index in [9.17, 15) is 9.18 Å². The Bertz CT molecular complexity index is 838. The van der Waals surface area contributed by atoms with Crippen molar-refractivity contribution in [2.45, 2.75) is 25.2 Å². The van der Waals surface area contributed by atoms with E-state index in [1.54, 1.807) is 6.07 Å². The van der Waals surface area contributed by atoms with Crippen LogP contribution in [0.2, 0.25) is 0 Å². The zero-order chi connectivity index (χ0) is 20.1. The number of benzene rings is 1. The normalized spacial score (nSPS) is 20.6. The second-order valence-electron chi connectivity index (χ2n) is 7.89. The second-order valence-corrected chi connectivity index (χ2v) is 7.89. The van der Waals surface area contributed by atoms with Crippen LogP contribution in [0.25, 0.3) is 0 Å². The van der Waals surface area contributed by atoms with Gasteiger partial charge in [-0.05, 0) is 43.1 Å². The Hall–Kier alpha value is -2.31. The summed E-state index contributed by atoms with van der Waals surface area (Å²) in [5, 5.41) is 0. The van der Waals surface area contributed by atoms with Gasteiger partial charge in [0.2, 0.25) is 5.91 Å². The number of pyridine rings is 1. The highest BCUT2D eigenvalue weighted by Gasteiger charge is 2.26. The van der Waals surface area contributed by atoms with E-state index in [0.717, 1.165) is 37.3 Å². The largest absolute Gasteiger partial charge is 0.378 e. The van der Waals surface area contributed by atoms with Crippen LogP contribution in [0.15, 0.2) is 42.5 Å². The summed E-state index contributed by atoms with van der Waals surface area (Å²) in [6.07, 6.45) is 2.62. The van der Waals surface area contributed by atoms with Gasteiger partial charge >= 0.3 is 0 Å². The van der Waals surface area contributed by atoms with Crippen LogP contribution in [0, 0.1) is 5.82 Å². The van der Waals surface area contributed by atoms with Gasteiger partial charge in [0.25, 0.3) is 0 Å². The summed E-state index contributed by atoms with van der Waals surface area (Å²) in [4.78, 5) is 21.6. The van der Waals surface area contributed by atoms with Crippen molar-refractivity contribution in [2.75, 3.05) is 45.9 Å². The van der Waals surface area contributed by atoms with Crippen LogP contribution >= 0.6 is 0 Å². The second kappa shape index (κ2) is 9.46. The Balaban J connectivity index is 1.39. The molecule has 1 amide bonds. The first kappa shape index (κ1) is 20.0. The highest BCUT2D eigenvalue weighted by atomic mass is 19.1. The van der Waals surface area contributed by atoms with Crippen LogP contribution in [0.5, 0.6) is 0 Å². The van der Waals surface area contributed by atoms with Crippen LogP contribution in [0.4, 0.5) is 4.39 Å². The molecule has 4 rings (SSSR count). The van der Waals surface area contributed by atoms with E-state index < -0.39 is 0 Å². The summed E-state index contributed by atoms with van der Waals surface area (Å²) >= 11 is 0. The number of halogens is 1. The summed E-state index contributed by atoms with van der Waals surface area (Å²) in [6.45, 7) is 4.89. The maximum absolute atomic E-state index is 14.0. The number of morpholine rings is 1. The molecule has 2 fully saturated rings. The zero-order valence-corrected chi connectivity index (χ0v) is 16.7. The van der Waals surface area contributed by atoms with Gasteiger partial charge in [0.1, 0.15) is 5.82 Å². The first-order chi connectivity index (χ1) is 14.2. The van der Waals surface area contributed by atoms with Crippen molar-refractivity contribution in [1.29, 1.82) is 0 Å². The molecule has 0 aliphatic carbocycles. The van der Waals surface area contributed by atoms with Crippen molar-refractivity contribution in [1.82, 2.24) is 14.8 Å². The first-order valence-corrected chi connectivity index (χ1v) is 10.5. The maximum atomic E-state index is 14.0. The van der Waals surface area contributed by atoms with Gasteiger partial charge < -0.3 is 9.64 Å². The average molecular weight is 397 g/mol. The van der Waals surface area contributed by atoms with Crippen LogP contribution in [-0.4, -0.2) is 66.6 Å². The minimum atomic E-state index is -0.190. The minimum absolute atomic E-state index is 0.190. The van der Waals surface area contributed by atoms with Gasteiger partial charge in [-0.25, -0.2) is 4.39 Å². The molecule has 3 heterocycles. The van der Waals surface area contributed by atoms with Crippen LogP contribution in [0.1, 0.15) is 35.7 Å². The molecule has 2 aliphatic heterocycles. The topological polar surface area (TPSA) is 45.7 Å². The van der Waals surface area contributed by atoms with Crippen molar-refractivity contribution in [3.05, 3.63) is 65.2 Å². The van der Waals surface area contributed by atoms with Crippen LogP contribution in [-0.2, 0) is 16.0 Å². The number of carbonyl (C=O) groups excluding carboxylic acids is 1. The van der Waals surface area contributed by atoms with Gasteiger partial charge in [0.15, 0.2) is 0 Å². The summed E-state index contributed by atoms with van der Waals surface area (Å²) in [6, 6.07) is 12.9. The molecule has 0 N–H and O–H groups in total. The predicted molar refractivity (Wildman–Crippen MR) is 109 cm³/mol. The number of hydrogen-bond acceptors (Lipinski definition) is 4. The number of carbonyl (C=O) groups is 1. The lowest BCUT2D eigenvalue weighted by Gasteiger charge is -2.34. The average Bonchev–Trinajstić information content (AvgIpc) is 2.76. The van der Waals surface area contributed by atoms with Crippen molar-refractivity contribution in [3.63, 3.8) is 0 Å². The van der Waals surface area contributed by atoms with Crippen molar-refractivity contribution in [3.8, 4) is 0 Å². The number of rotatable bonds is 5. The third-order valence-corrected chi connectivity index (χ3v) is 5.80. The summed E-state index contributed by atoms with van der Waals surface area (Å²) in [5.74, 6) is 0.308. The third kappa shape index (κ3) is 5.19. The molecule has 6 heteroatoms. The molecule has 2 aliphatic rings. The Morgan fingerprint density at radius 1 is 1.10 bits per heavy atom. The molecule has 1 aromatic heterocycles. The van der Waals surface area contributed by atoms with E-state index in [2.05, 4.69) is 11.0 Å². The van der Waals surface area contributed by atoms with Crippen molar-refractivity contribution in [2.24, 2.45) is 0 Å². The van der Waals surface area contributed by atoms with E-state index in [0.29, 0.717) is 50.8 Å². The summed E-state index contributed by atoms with van der Waals surface area (Å²) < 4.78 is 19.3. The molecule has 29 heavy (non-hydrogen) atoms. The molecule has 2 saturated heterocycles. The fourth-order valence-corrected chi connectivity index (χ4v) is 4.21. The van der Waals surface area contributed by atoms with Gasteiger partial charge in [-0.2, -0.15) is 0 Å². The monoisotopic (exact) mass is 397 g/mol. The van der Waals surface area contributed by atoms with Crippen molar-refractivity contribution < 1.29 is 13.9 Å². The Labute approximate surface area is 171 Å². The Kier molecular flexibility index (Phi) is 6.52. The number of amides is 1. The highest BCUT2D eigenvalue weighted by Crippen LogP contribution is 2.26. The molecule has 0 spiro atoms. The molecule has 0 radical (unpaired) electrons. The third-order valence-electron chi connectivity index (χ3n) is 5.80. The van der Waals surface area contributed by atoms with E-state index in [4.69, 9.17) is 9.72 Å². The fraction of sp³-hybridized carbons (Fsp3) is 0.478. The predicted octanol–water partition coefficient (Wildman–Crippen LogP) is 2.85. The lowest BCUT2D eigenvalue weighted by Crippen LogP contribution is -2.47. The maximum Gasteiger partial charge on any atom is 0.236 e. The van der Waals surface area contributed by atoms with Crippen LogP contribution in [0.3, 0.4) is 0 Å². The molecular weight excluding hydrogens is 369 g/mol. The number of likely N-dealkylation sites (tertiary alicyclic amines) is 1. The molecule has 1 atom stereocenters. The number of ether oxygens (including phenoxy) is 1. The van der Waals surface area contributed by atoms with Gasteiger partial charge in [0, 0.05) is 43.4 Å². The molecule has 0 bridgehead atoms. The molecule has 2 aromatic rings. The quantitative estimate of drug-likeness (QED) is 0.778. The lowest BCUT2D eigenvalue weighted by atomic mass is 9.94. The van der Waals surface area contributed by atoms with Crippen molar-refractivity contribution >= 4 is 5.91 Å². The highest BCUT2D eigenvalue weighted by molar-refractivity contribution is 5.78. The van der Waals surface area contributed by atoms with E-state index >= 15 is 0 Å². The Morgan fingerprint density at radius 3 is 2.76 bits per heavy atom. The first-order valence-electron chi connectivity index (χ1n) is 10.5. The molecule has 0 saturated carbocycles. The van der Waals surface area contributed by atoms with E-state index in [1.165, 1.54) is 6.07 Å². The summed E-state index contributed by atoms with van der Waals surface area (Å²) in [7, 11) is 0. The minimum Gasteiger partial charge on any atom is -0.378 e. The number of aromatic nitrogens is 1. The number of hydrogen-bond donors (Lipinski definition) is 0. The summed E-state index contributed by atoms with van der Waals surface area (Å²) in [5.41, 5.74) is 2.59. The Morgan fingerprint density at radius 2 is 1.93 bits per heavy atom. The van der Waals surface area contributed by atoms with Crippen LogP contribution < -0.4 is 0 Å². The van der Waals surface area contributed by atoms with E-state index in [-0.39, 0.29) is 11.7 Å². The standard InChI is InChI=1S/C23H28FN3O2/c24-21-8-2-1-5-18(21)15-20-7-3-9-22(25-20)19-6-4-10-26(16-19)17-23(28)27-11-13-29-14-12-27/h1-3,5,7-9,19H,4,6,10-17H2. The molecule has 1 aromatic carbocycles. The SMILES string of the molecule is O=C(CN1CCCC(c2cccc(Cc3ccccc3F)n2)C1)N1CCOCC1. The number of piperidine rings is 1. The zero-order valence-electron chi connectivity index (χ0n) is 16.7. The van der Waals surface area contributed by atoms with E-state index in [1.807, 2.05) is 29.2 Å².